The van der Waals surface area contributed by atoms with E-state index in [1.165, 1.54) is 16.7 Å². The molecular weight excluding hydrogens is 348 g/mol. The molecule has 5 heteroatoms. The lowest BCUT2D eigenvalue weighted by Crippen LogP contribution is -2.36. The van der Waals surface area contributed by atoms with E-state index in [0.29, 0.717) is 11.4 Å². The van der Waals surface area contributed by atoms with Gasteiger partial charge in [-0.3, -0.25) is 9.36 Å². The van der Waals surface area contributed by atoms with Crippen LogP contribution in [0.1, 0.15) is 43.4 Å². The molecule has 0 unspecified atom stereocenters. The summed E-state index contributed by atoms with van der Waals surface area (Å²) in [5.74, 6) is 0.719. The first-order valence-corrected chi connectivity index (χ1v) is 10.1. The molecular formula is C23H32N4O. The van der Waals surface area contributed by atoms with Crippen molar-refractivity contribution in [3.63, 3.8) is 0 Å². The Morgan fingerprint density at radius 1 is 1.07 bits per heavy atom. The minimum absolute atomic E-state index is 0.00720. The average molecular weight is 381 g/mol. The van der Waals surface area contributed by atoms with Gasteiger partial charge < -0.3 is 9.47 Å². The molecule has 0 radical (unpaired) electrons. The van der Waals surface area contributed by atoms with Crippen LogP contribution in [0, 0.1) is 20.8 Å². The van der Waals surface area contributed by atoms with Crippen molar-refractivity contribution < 1.29 is 0 Å². The zero-order valence-electron chi connectivity index (χ0n) is 18.4. The second-order valence-electron chi connectivity index (χ2n) is 7.98. The number of aryl methyl sites for hydroxylation is 4. The van der Waals surface area contributed by atoms with Crippen molar-refractivity contribution in [3.05, 3.63) is 45.4 Å². The Morgan fingerprint density at radius 2 is 1.64 bits per heavy atom. The predicted octanol–water partition coefficient (Wildman–Crippen LogP) is 4.49. The van der Waals surface area contributed by atoms with Crippen molar-refractivity contribution >= 4 is 17.0 Å². The quantitative estimate of drug-likeness (QED) is 0.655. The van der Waals surface area contributed by atoms with Crippen molar-refractivity contribution in [2.24, 2.45) is 14.1 Å². The van der Waals surface area contributed by atoms with Crippen LogP contribution in [0.25, 0.3) is 22.2 Å². The van der Waals surface area contributed by atoms with Gasteiger partial charge in [0.1, 0.15) is 5.65 Å². The zero-order valence-corrected chi connectivity index (χ0v) is 18.4. The third kappa shape index (κ3) is 3.13. The lowest BCUT2D eigenvalue weighted by Gasteiger charge is -2.28. The van der Waals surface area contributed by atoms with Crippen molar-refractivity contribution in [3.8, 4) is 11.1 Å². The summed E-state index contributed by atoms with van der Waals surface area (Å²) in [6, 6.07) is 4.71. The molecule has 0 amide bonds. The molecule has 2 aromatic heterocycles. The number of rotatable bonds is 5. The Balaban J connectivity index is 2.32. The number of hydrogen-bond donors (Lipinski definition) is 0. The lowest BCUT2D eigenvalue weighted by atomic mass is 9.94. The molecule has 150 valence electrons. The van der Waals surface area contributed by atoms with Gasteiger partial charge in [-0.1, -0.05) is 31.5 Å². The Bertz CT molecular complexity index is 1060. The summed E-state index contributed by atoms with van der Waals surface area (Å²) in [6.45, 7) is 10.7. The topological polar surface area (TPSA) is 43.1 Å². The van der Waals surface area contributed by atoms with Crippen molar-refractivity contribution in [1.29, 1.82) is 0 Å². The highest BCUT2D eigenvalue weighted by Crippen LogP contribution is 2.33. The maximum absolute atomic E-state index is 13.4. The molecule has 0 saturated carbocycles. The van der Waals surface area contributed by atoms with Crippen molar-refractivity contribution in [1.82, 2.24) is 14.1 Å². The fourth-order valence-electron chi connectivity index (χ4n) is 4.50. The van der Waals surface area contributed by atoms with Crippen LogP contribution < -0.4 is 10.5 Å². The molecule has 0 N–H and O–H groups in total. The molecule has 2 heterocycles. The van der Waals surface area contributed by atoms with Gasteiger partial charge in [-0.2, -0.15) is 4.98 Å². The summed E-state index contributed by atoms with van der Waals surface area (Å²) in [5, 5.41) is 0.696. The third-order valence-electron chi connectivity index (χ3n) is 5.93. The van der Waals surface area contributed by atoms with E-state index in [2.05, 4.69) is 51.7 Å². The molecule has 0 aliphatic heterocycles. The van der Waals surface area contributed by atoms with E-state index < -0.39 is 0 Å². The lowest BCUT2D eigenvalue weighted by molar-refractivity contribution is 0.569. The molecule has 0 atom stereocenters. The number of benzene rings is 1. The molecule has 0 spiro atoms. The number of hydrogen-bond acceptors (Lipinski definition) is 3. The maximum Gasteiger partial charge on any atom is 0.264 e. The van der Waals surface area contributed by atoms with Crippen LogP contribution in [-0.2, 0) is 14.1 Å². The molecule has 28 heavy (non-hydrogen) atoms. The molecule has 0 aliphatic carbocycles. The van der Waals surface area contributed by atoms with E-state index in [4.69, 9.17) is 4.98 Å². The van der Waals surface area contributed by atoms with E-state index >= 15 is 0 Å². The fraction of sp³-hybridized carbons (Fsp3) is 0.478. The second-order valence-corrected chi connectivity index (χ2v) is 7.98. The third-order valence-corrected chi connectivity index (χ3v) is 5.93. The monoisotopic (exact) mass is 380 g/mol. The molecule has 1 aromatic carbocycles. The molecule has 0 bridgehead atoms. The highest BCUT2D eigenvalue weighted by Gasteiger charge is 2.22. The van der Waals surface area contributed by atoms with Crippen LogP contribution in [0.2, 0.25) is 0 Å². The molecule has 3 aromatic rings. The maximum atomic E-state index is 13.4. The van der Waals surface area contributed by atoms with Gasteiger partial charge in [0.05, 0.1) is 5.39 Å². The number of anilines is 1. The smallest absolute Gasteiger partial charge is 0.264 e. The average Bonchev–Trinajstić information content (AvgIpc) is 2.94. The Morgan fingerprint density at radius 3 is 2.18 bits per heavy atom. The highest BCUT2D eigenvalue weighted by molar-refractivity contribution is 5.95. The number of nitrogens with zero attached hydrogens (tertiary/aromatic N) is 4. The molecule has 0 aliphatic rings. The van der Waals surface area contributed by atoms with Gasteiger partial charge in [-0.25, -0.2) is 0 Å². The fourth-order valence-corrected chi connectivity index (χ4v) is 4.50. The Labute approximate surface area is 167 Å². The zero-order chi connectivity index (χ0) is 20.7. The van der Waals surface area contributed by atoms with Gasteiger partial charge in [0.15, 0.2) is 0 Å². The summed E-state index contributed by atoms with van der Waals surface area (Å²) >= 11 is 0. The second kappa shape index (κ2) is 7.46. The summed E-state index contributed by atoms with van der Waals surface area (Å²) in [5.41, 5.74) is 6.46. The largest absolute Gasteiger partial charge is 0.342 e. The van der Waals surface area contributed by atoms with Crippen LogP contribution in [-0.4, -0.2) is 27.2 Å². The number of aromatic nitrogens is 3. The minimum atomic E-state index is 0.00720. The van der Waals surface area contributed by atoms with Gasteiger partial charge in [-0.15, -0.1) is 0 Å². The first-order valence-electron chi connectivity index (χ1n) is 10.1. The standard InChI is InChI=1S/C23H32N4O/c1-9-17(10-2)26(7)23-24-21-20(22(28)27(23)8)18(13-25(21)6)19-15(4)11-14(3)12-16(19)5/h11-13,17H,9-10H2,1-8H3. The van der Waals surface area contributed by atoms with Gasteiger partial charge in [0.2, 0.25) is 5.95 Å². The molecule has 3 rings (SSSR count). The van der Waals surface area contributed by atoms with E-state index in [1.54, 1.807) is 4.57 Å². The van der Waals surface area contributed by atoms with E-state index in [-0.39, 0.29) is 5.56 Å². The molecule has 5 nitrogen and oxygen atoms in total. The van der Waals surface area contributed by atoms with Crippen LogP contribution in [0.4, 0.5) is 5.95 Å². The van der Waals surface area contributed by atoms with Gasteiger partial charge in [0.25, 0.3) is 5.56 Å². The van der Waals surface area contributed by atoms with Crippen LogP contribution in [0.15, 0.2) is 23.1 Å². The van der Waals surface area contributed by atoms with E-state index in [0.717, 1.165) is 35.6 Å². The van der Waals surface area contributed by atoms with Crippen molar-refractivity contribution in [2.75, 3.05) is 11.9 Å². The van der Waals surface area contributed by atoms with Crippen LogP contribution >= 0.6 is 0 Å². The van der Waals surface area contributed by atoms with Gasteiger partial charge >= 0.3 is 0 Å². The normalized spacial score (nSPS) is 11.6. The Kier molecular flexibility index (Phi) is 5.37. The summed E-state index contributed by atoms with van der Waals surface area (Å²) in [6.07, 6.45) is 4.08. The Hall–Kier alpha value is -2.56. The molecule has 0 fully saturated rings. The summed E-state index contributed by atoms with van der Waals surface area (Å²) in [4.78, 5) is 20.5. The predicted molar refractivity (Wildman–Crippen MR) is 118 cm³/mol. The van der Waals surface area contributed by atoms with Crippen LogP contribution in [0.5, 0.6) is 0 Å². The van der Waals surface area contributed by atoms with Crippen molar-refractivity contribution in [2.45, 2.75) is 53.5 Å². The molecule has 0 saturated heterocycles. The van der Waals surface area contributed by atoms with E-state index in [9.17, 15) is 4.79 Å². The first kappa shape index (κ1) is 20.2. The highest BCUT2D eigenvalue weighted by atomic mass is 16.1. The SMILES string of the molecule is CCC(CC)N(C)c1nc2c(c(-c3c(C)cc(C)cc3C)cn2C)c(=O)n1C. The minimum Gasteiger partial charge on any atom is -0.342 e. The summed E-state index contributed by atoms with van der Waals surface area (Å²) in [7, 11) is 5.83. The van der Waals surface area contributed by atoms with E-state index in [1.807, 2.05) is 31.9 Å². The van der Waals surface area contributed by atoms with Gasteiger partial charge in [0, 0.05) is 38.9 Å². The van der Waals surface area contributed by atoms with Crippen LogP contribution in [0.3, 0.4) is 0 Å². The first-order chi connectivity index (χ1) is 13.2. The number of fused-ring (bicyclic) bond motifs is 1. The summed E-state index contributed by atoms with van der Waals surface area (Å²) < 4.78 is 3.68. The van der Waals surface area contributed by atoms with Gasteiger partial charge in [-0.05, 0) is 50.3 Å².